The number of halogens is 3. The zero-order chi connectivity index (χ0) is 14.1. The van der Waals surface area contributed by atoms with Crippen LogP contribution < -0.4 is 0 Å². The highest BCUT2D eigenvalue weighted by atomic mass is 35.5. The van der Waals surface area contributed by atoms with Crippen molar-refractivity contribution in [3.63, 3.8) is 0 Å². The van der Waals surface area contributed by atoms with Gasteiger partial charge in [-0.05, 0) is 41.9 Å². The Morgan fingerprint density at radius 2 is 2.15 bits per heavy atom. The third-order valence-corrected chi connectivity index (χ3v) is 6.26. The van der Waals surface area contributed by atoms with Crippen LogP contribution in [-0.2, 0) is 18.6 Å². The maximum atomic E-state index is 13.7. The summed E-state index contributed by atoms with van der Waals surface area (Å²) in [4.78, 5) is 2.45. The number of thioether (sulfide) groups is 1. The molecule has 0 nitrogen and oxygen atoms in total. The Labute approximate surface area is 130 Å². The summed E-state index contributed by atoms with van der Waals surface area (Å²) in [6.07, 6.45) is 1.40. The first kappa shape index (κ1) is 14.4. The number of thiophene rings is 1. The number of benzene rings is 1. The van der Waals surface area contributed by atoms with Gasteiger partial charge in [-0.3, -0.25) is 0 Å². The molecule has 1 aliphatic heterocycles. The first-order valence-corrected chi connectivity index (χ1v) is 8.82. The van der Waals surface area contributed by atoms with Gasteiger partial charge in [-0.1, -0.05) is 12.1 Å². The molecule has 1 unspecified atom stereocenters. The van der Waals surface area contributed by atoms with Crippen molar-refractivity contribution in [2.45, 2.75) is 24.0 Å². The molecule has 0 amide bonds. The molecule has 0 saturated carbocycles. The summed E-state index contributed by atoms with van der Waals surface area (Å²) in [6, 6.07) is 6.37. The van der Waals surface area contributed by atoms with Crippen LogP contribution in [0, 0.1) is 11.6 Å². The second kappa shape index (κ2) is 6.04. The van der Waals surface area contributed by atoms with E-state index in [9.17, 15) is 8.78 Å². The molecule has 106 valence electrons. The van der Waals surface area contributed by atoms with Gasteiger partial charge in [-0.25, -0.2) is 8.78 Å². The van der Waals surface area contributed by atoms with Crippen LogP contribution in [-0.4, -0.2) is 5.75 Å². The molecule has 0 fully saturated rings. The number of rotatable bonds is 3. The number of hydrogen-bond acceptors (Lipinski definition) is 2. The Kier molecular flexibility index (Phi) is 4.34. The van der Waals surface area contributed by atoms with Crippen molar-refractivity contribution >= 4 is 34.7 Å². The summed E-state index contributed by atoms with van der Waals surface area (Å²) < 4.78 is 26.9. The predicted molar refractivity (Wildman–Crippen MR) is 82.8 cm³/mol. The minimum absolute atomic E-state index is 0.299. The summed E-state index contributed by atoms with van der Waals surface area (Å²) in [5.74, 6) is 0.589. The van der Waals surface area contributed by atoms with Crippen molar-refractivity contribution in [1.29, 1.82) is 0 Å². The van der Waals surface area contributed by atoms with E-state index < -0.39 is 11.6 Å². The molecule has 0 bridgehead atoms. The van der Waals surface area contributed by atoms with E-state index in [2.05, 4.69) is 6.07 Å². The van der Waals surface area contributed by atoms with Crippen molar-refractivity contribution in [2.24, 2.45) is 0 Å². The fourth-order valence-corrected chi connectivity index (χ4v) is 5.04. The van der Waals surface area contributed by atoms with E-state index in [0.717, 1.165) is 28.9 Å². The molecule has 2 heterocycles. The van der Waals surface area contributed by atoms with E-state index in [1.165, 1.54) is 16.5 Å². The van der Waals surface area contributed by atoms with E-state index >= 15 is 0 Å². The average Bonchev–Trinajstić information content (AvgIpc) is 2.88. The lowest BCUT2D eigenvalue weighted by Gasteiger charge is -2.08. The molecule has 0 spiro atoms. The van der Waals surface area contributed by atoms with Crippen LogP contribution >= 0.6 is 34.7 Å². The number of aryl methyl sites for hydroxylation is 1. The smallest absolute Gasteiger partial charge is 0.162 e. The standard InChI is InChI=1S/C15H13ClF2S2/c16-11(6-9-2-1-3-12(17)15(9)18)14-7-10-8-19-5-4-13(10)20-14/h1-3,7,11H,4-6,8H2. The van der Waals surface area contributed by atoms with Crippen LogP contribution in [0.3, 0.4) is 0 Å². The molecule has 20 heavy (non-hydrogen) atoms. The molecule has 1 aliphatic rings. The van der Waals surface area contributed by atoms with Crippen LogP contribution in [0.25, 0.3) is 0 Å². The lowest BCUT2D eigenvalue weighted by atomic mass is 10.1. The molecule has 0 aliphatic carbocycles. The molecule has 1 aromatic carbocycles. The zero-order valence-electron chi connectivity index (χ0n) is 10.7. The van der Waals surface area contributed by atoms with Gasteiger partial charge in [0.05, 0.1) is 5.38 Å². The van der Waals surface area contributed by atoms with E-state index in [-0.39, 0.29) is 5.38 Å². The van der Waals surface area contributed by atoms with Crippen LogP contribution in [0.15, 0.2) is 24.3 Å². The van der Waals surface area contributed by atoms with Gasteiger partial charge in [0.2, 0.25) is 0 Å². The SMILES string of the molecule is Fc1cccc(CC(Cl)c2cc3c(s2)CCSC3)c1F. The van der Waals surface area contributed by atoms with Gasteiger partial charge in [0.1, 0.15) is 0 Å². The summed E-state index contributed by atoms with van der Waals surface area (Å²) in [5.41, 5.74) is 1.69. The second-order valence-electron chi connectivity index (χ2n) is 4.78. The second-order valence-corrected chi connectivity index (χ2v) is 7.58. The van der Waals surface area contributed by atoms with Gasteiger partial charge in [0.25, 0.3) is 0 Å². The first-order chi connectivity index (χ1) is 9.65. The maximum absolute atomic E-state index is 13.7. The van der Waals surface area contributed by atoms with E-state index in [4.69, 9.17) is 11.6 Å². The van der Waals surface area contributed by atoms with Crippen LogP contribution in [0.1, 0.15) is 26.3 Å². The van der Waals surface area contributed by atoms with E-state index in [0.29, 0.717) is 12.0 Å². The molecular weight excluding hydrogens is 318 g/mol. The van der Waals surface area contributed by atoms with Crippen molar-refractivity contribution in [3.05, 3.63) is 56.8 Å². The van der Waals surface area contributed by atoms with E-state index in [1.807, 2.05) is 11.8 Å². The highest BCUT2D eigenvalue weighted by Crippen LogP contribution is 2.38. The Morgan fingerprint density at radius 3 is 2.95 bits per heavy atom. The molecule has 5 heteroatoms. The van der Waals surface area contributed by atoms with Crippen LogP contribution in [0.4, 0.5) is 8.78 Å². The van der Waals surface area contributed by atoms with Gasteiger partial charge < -0.3 is 0 Å². The van der Waals surface area contributed by atoms with Gasteiger partial charge >= 0.3 is 0 Å². The zero-order valence-corrected chi connectivity index (χ0v) is 13.1. The minimum Gasteiger partial charge on any atom is -0.204 e. The summed E-state index contributed by atoms with van der Waals surface area (Å²) in [7, 11) is 0. The third kappa shape index (κ3) is 2.87. The predicted octanol–water partition coefficient (Wildman–Crippen LogP) is 5.34. The van der Waals surface area contributed by atoms with Crippen molar-refractivity contribution in [3.8, 4) is 0 Å². The number of alkyl halides is 1. The monoisotopic (exact) mass is 330 g/mol. The lowest BCUT2D eigenvalue weighted by Crippen LogP contribution is -1.99. The molecule has 2 aromatic rings. The molecule has 0 radical (unpaired) electrons. The topological polar surface area (TPSA) is 0 Å². The number of fused-ring (bicyclic) bond motifs is 1. The van der Waals surface area contributed by atoms with Crippen molar-refractivity contribution in [1.82, 2.24) is 0 Å². The Hall–Kier alpha value is -0.580. The van der Waals surface area contributed by atoms with Gasteiger partial charge in [-0.15, -0.1) is 22.9 Å². The van der Waals surface area contributed by atoms with Crippen molar-refractivity contribution in [2.75, 3.05) is 5.75 Å². The minimum atomic E-state index is -0.812. The fraction of sp³-hybridized carbons (Fsp3) is 0.333. The largest absolute Gasteiger partial charge is 0.204 e. The molecule has 0 N–H and O–H groups in total. The van der Waals surface area contributed by atoms with Crippen LogP contribution in [0.5, 0.6) is 0 Å². The molecule has 1 aromatic heterocycles. The van der Waals surface area contributed by atoms with E-state index in [1.54, 1.807) is 17.4 Å². The van der Waals surface area contributed by atoms with Gasteiger partial charge in [0, 0.05) is 15.5 Å². The first-order valence-electron chi connectivity index (χ1n) is 6.41. The summed E-state index contributed by atoms with van der Waals surface area (Å²) in [5, 5.41) is -0.299. The highest BCUT2D eigenvalue weighted by Gasteiger charge is 2.20. The third-order valence-electron chi connectivity index (χ3n) is 3.39. The molecule has 0 saturated heterocycles. The van der Waals surface area contributed by atoms with Gasteiger partial charge in [0.15, 0.2) is 11.6 Å². The number of hydrogen-bond donors (Lipinski definition) is 0. The Morgan fingerprint density at radius 1 is 1.30 bits per heavy atom. The quantitative estimate of drug-likeness (QED) is 0.685. The normalized spacial score (nSPS) is 15.9. The Balaban J connectivity index is 1.80. The fourth-order valence-electron chi connectivity index (χ4n) is 2.32. The lowest BCUT2D eigenvalue weighted by molar-refractivity contribution is 0.498. The molecule has 3 rings (SSSR count). The maximum Gasteiger partial charge on any atom is 0.162 e. The van der Waals surface area contributed by atoms with Crippen LogP contribution in [0.2, 0.25) is 0 Å². The average molecular weight is 331 g/mol. The molecular formula is C15H13ClF2S2. The summed E-state index contributed by atoms with van der Waals surface area (Å²) >= 11 is 10.0. The Bertz CT molecular complexity index is 601. The van der Waals surface area contributed by atoms with Gasteiger partial charge in [-0.2, -0.15) is 11.8 Å². The highest BCUT2D eigenvalue weighted by molar-refractivity contribution is 7.98. The summed E-state index contributed by atoms with van der Waals surface area (Å²) in [6.45, 7) is 0. The van der Waals surface area contributed by atoms with Crippen molar-refractivity contribution < 1.29 is 8.78 Å². The molecule has 1 atom stereocenters.